The van der Waals surface area contributed by atoms with E-state index in [0.29, 0.717) is 35.5 Å². The first kappa shape index (κ1) is 22.1. The van der Waals surface area contributed by atoms with Crippen LogP contribution in [0.4, 0.5) is 0 Å². The van der Waals surface area contributed by atoms with Gasteiger partial charge in [-0.05, 0) is 25.2 Å². The first-order valence-corrected chi connectivity index (χ1v) is 10.5. The average molecular weight is 408 g/mol. The van der Waals surface area contributed by atoms with Gasteiger partial charge in [0.15, 0.2) is 5.65 Å². The molecule has 1 amide bonds. The van der Waals surface area contributed by atoms with Crippen LogP contribution in [0.15, 0.2) is 14.6 Å². The number of aromatic nitrogens is 4. The van der Waals surface area contributed by atoms with E-state index in [0.717, 1.165) is 11.0 Å². The fraction of sp³-hybridized carbons (Fsp3) is 0.632. The number of amides is 1. The van der Waals surface area contributed by atoms with Gasteiger partial charge in [0.05, 0.1) is 5.75 Å². The first-order chi connectivity index (χ1) is 13.1. The maximum Gasteiger partial charge on any atom is 0.332 e. The molecule has 0 bridgehead atoms. The summed E-state index contributed by atoms with van der Waals surface area (Å²) >= 11 is 1.20. The molecule has 1 N–H and O–H groups in total. The molecule has 154 valence electrons. The topological polar surface area (TPSA) is 98.9 Å². The van der Waals surface area contributed by atoms with Crippen LogP contribution in [-0.2, 0) is 18.4 Å². The first-order valence-electron chi connectivity index (χ1n) is 9.49. The van der Waals surface area contributed by atoms with Crippen molar-refractivity contribution in [2.75, 3.05) is 12.3 Å². The van der Waals surface area contributed by atoms with Crippen LogP contribution in [0, 0.1) is 18.8 Å². The van der Waals surface area contributed by atoms with Gasteiger partial charge in [0, 0.05) is 20.1 Å². The average Bonchev–Trinajstić information content (AvgIpc) is 2.60. The summed E-state index contributed by atoms with van der Waals surface area (Å²) in [4.78, 5) is 46.2. The van der Waals surface area contributed by atoms with Crippen LogP contribution in [0.5, 0.6) is 0 Å². The van der Waals surface area contributed by atoms with Gasteiger partial charge in [-0.15, -0.1) is 0 Å². The third-order valence-electron chi connectivity index (χ3n) is 4.19. The zero-order chi connectivity index (χ0) is 21.0. The van der Waals surface area contributed by atoms with E-state index in [2.05, 4.69) is 29.1 Å². The molecule has 0 aromatic carbocycles. The molecule has 8 nitrogen and oxygen atoms in total. The van der Waals surface area contributed by atoms with Crippen molar-refractivity contribution in [3.05, 3.63) is 26.7 Å². The third-order valence-corrected chi connectivity index (χ3v) is 5.17. The Hall–Kier alpha value is -2.16. The summed E-state index contributed by atoms with van der Waals surface area (Å²) in [6.45, 7) is 11.0. The molecule has 0 spiro atoms. The minimum absolute atomic E-state index is 0.109. The summed E-state index contributed by atoms with van der Waals surface area (Å²) in [5.74, 6) is 1.22. The maximum absolute atomic E-state index is 12.8. The van der Waals surface area contributed by atoms with Crippen molar-refractivity contribution in [3.8, 4) is 0 Å². The van der Waals surface area contributed by atoms with Gasteiger partial charge in [0.1, 0.15) is 16.2 Å². The molecule has 2 aromatic heterocycles. The van der Waals surface area contributed by atoms with Crippen molar-refractivity contribution in [1.82, 2.24) is 24.4 Å². The number of thioether (sulfide) groups is 1. The molecule has 2 aromatic rings. The van der Waals surface area contributed by atoms with E-state index in [9.17, 15) is 14.4 Å². The van der Waals surface area contributed by atoms with Gasteiger partial charge >= 0.3 is 5.69 Å². The van der Waals surface area contributed by atoms with Crippen LogP contribution in [0.25, 0.3) is 11.0 Å². The molecule has 0 aliphatic carbocycles. The highest BCUT2D eigenvalue weighted by atomic mass is 32.2. The Bertz CT molecular complexity index is 978. The van der Waals surface area contributed by atoms with Crippen molar-refractivity contribution >= 4 is 28.7 Å². The van der Waals surface area contributed by atoms with Gasteiger partial charge < -0.3 is 5.32 Å². The molecular formula is C19H29N5O3S. The number of nitrogens with zero attached hydrogens (tertiary/aromatic N) is 4. The molecule has 9 heteroatoms. The maximum atomic E-state index is 12.8. The van der Waals surface area contributed by atoms with Crippen molar-refractivity contribution < 1.29 is 4.79 Å². The molecule has 0 saturated carbocycles. The second kappa shape index (κ2) is 9.36. The molecule has 0 unspecified atom stereocenters. The van der Waals surface area contributed by atoms with Crippen LogP contribution < -0.4 is 16.6 Å². The fourth-order valence-electron chi connectivity index (χ4n) is 2.76. The lowest BCUT2D eigenvalue weighted by Gasteiger charge is -2.15. The number of nitrogens with one attached hydrogen (secondary N) is 1. The molecule has 0 aliphatic rings. The number of rotatable bonds is 8. The quantitative estimate of drug-likeness (QED) is 0.528. The molecule has 0 saturated heterocycles. The fourth-order valence-corrected chi connectivity index (χ4v) is 3.65. The molecule has 28 heavy (non-hydrogen) atoms. The highest BCUT2D eigenvalue weighted by Crippen LogP contribution is 2.22. The summed E-state index contributed by atoms with van der Waals surface area (Å²) in [6.07, 6.45) is 0.911. The summed E-state index contributed by atoms with van der Waals surface area (Å²) in [7, 11) is 1.45. The minimum atomic E-state index is -0.442. The Morgan fingerprint density at radius 1 is 1.14 bits per heavy atom. The molecule has 0 aliphatic heterocycles. The van der Waals surface area contributed by atoms with Gasteiger partial charge in [0.2, 0.25) is 5.91 Å². The van der Waals surface area contributed by atoms with E-state index in [-0.39, 0.29) is 23.0 Å². The monoisotopic (exact) mass is 407 g/mol. The summed E-state index contributed by atoms with van der Waals surface area (Å²) in [5, 5.41) is 3.59. The third kappa shape index (κ3) is 5.21. The molecule has 0 radical (unpaired) electrons. The number of fused-ring (bicyclic) bond motifs is 1. The van der Waals surface area contributed by atoms with Crippen LogP contribution in [0.1, 0.15) is 39.9 Å². The predicted molar refractivity (Wildman–Crippen MR) is 112 cm³/mol. The molecule has 0 atom stereocenters. The van der Waals surface area contributed by atoms with Crippen molar-refractivity contribution in [3.63, 3.8) is 0 Å². The second-order valence-corrected chi connectivity index (χ2v) is 8.71. The highest BCUT2D eigenvalue weighted by molar-refractivity contribution is 8.00. The van der Waals surface area contributed by atoms with E-state index in [1.54, 1.807) is 6.92 Å². The highest BCUT2D eigenvalue weighted by Gasteiger charge is 2.19. The van der Waals surface area contributed by atoms with Crippen molar-refractivity contribution in [1.29, 1.82) is 0 Å². The predicted octanol–water partition coefficient (Wildman–Crippen LogP) is 1.71. The van der Waals surface area contributed by atoms with E-state index in [1.165, 1.54) is 23.4 Å². The zero-order valence-corrected chi connectivity index (χ0v) is 18.2. The Kier molecular flexibility index (Phi) is 7.40. The van der Waals surface area contributed by atoms with Gasteiger partial charge in [0.25, 0.3) is 5.56 Å². The standard InChI is InChI=1S/C19H29N5O3S/c1-11(2)7-8-20-14(25)10-28-17-15-16(21-13(5)22-17)24(9-12(3)4)19(27)23(6)18(15)26/h11-12H,7-10H2,1-6H3,(H,20,25). The van der Waals surface area contributed by atoms with E-state index < -0.39 is 11.2 Å². The van der Waals surface area contributed by atoms with Crippen molar-refractivity contribution in [2.24, 2.45) is 18.9 Å². The van der Waals surface area contributed by atoms with E-state index >= 15 is 0 Å². The molecule has 2 rings (SSSR count). The largest absolute Gasteiger partial charge is 0.355 e. The van der Waals surface area contributed by atoms with Crippen LogP contribution in [0.2, 0.25) is 0 Å². The van der Waals surface area contributed by atoms with Gasteiger partial charge in [-0.2, -0.15) is 0 Å². The lowest BCUT2D eigenvalue weighted by Crippen LogP contribution is -2.39. The zero-order valence-electron chi connectivity index (χ0n) is 17.4. The number of hydrogen-bond donors (Lipinski definition) is 1. The normalized spacial score (nSPS) is 11.6. The van der Waals surface area contributed by atoms with Crippen molar-refractivity contribution in [2.45, 2.75) is 52.6 Å². The Morgan fingerprint density at radius 2 is 1.82 bits per heavy atom. The second-order valence-electron chi connectivity index (χ2n) is 7.75. The SMILES string of the molecule is Cc1nc(SCC(=O)NCCC(C)C)c2c(=O)n(C)c(=O)n(CC(C)C)c2n1. The van der Waals surface area contributed by atoms with Crippen LogP contribution in [-0.4, -0.2) is 37.3 Å². The Balaban J connectivity index is 2.41. The summed E-state index contributed by atoms with van der Waals surface area (Å²) in [5.41, 5.74) is -0.508. The summed E-state index contributed by atoms with van der Waals surface area (Å²) < 4.78 is 2.60. The number of carbonyl (C=O) groups excluding carboxylic acids is 1. The van der Waals surface area contributed by atoms with Gasteiger partial charge in [-0.3, -0.25) is 18.7 Å². The van der Waals surface area contributed by atoms with Crippen LogP contribution >= 0.6 is 11.8 Å². The lowest BCUT2D eigenvalue weighted by atomic mass is 10.1. The lowest BCUT2D eigenvalue weighted by molar-refractivity contribution is -0.118. The van der Waals surface area contributed by atoms with Gasteiger partial charge in [-0.25, -0.2) is 14.8 Å². The molecule has 2 heterocycles. The summed E-state index contributed by atoms with van der Waals surface area (Å²) in [6, 6.07) is 0. The number of aryl methyl sites for hydroxylation is 1. The van der Waals surface area contributed by atoms with E-state index in [4.69, 9.17) is 0 Å². The Morgan fingerprint density at radius 3 is 2.43 bits per heavy atom. The van der Waals surface area contributed by atoms with E-state index in [1.807, 2.05) is 13.8 Å². The van der Waals surface area contributed by atoms with Crippen LogP contribution in [0.3, 0.4) is 0 Å². The van der Waals surface area contributed by atoms with Gasteiger partial charge in [-0.1, -0.05) is 39.5 Å². The number of hydrogen-bond acceptors (Lipinski definition) is 6. The Labute approximate surface area is 168 Å². The minimum Gasteiger partial charge on any atom is -0.355 e. The molecular weight excluding hydrogens is 378 g/mol. The smallest absolute Gasteiger partial charge is 0.332 e. The molecule has 0 fully saturated rings. The number of carbonyl (C=O) groups is 1.